The Morgan fingerprint density at radius 2 is 1.71 bits per heavy atom. The van der Waals surface area contributed by atoms with Gasteiger partial charge in [-0.2, -0.15) is 0 Å². The monoisotopic (exact) mass is 395 g/mol. The summed E-state index contributed by atoms with van der Waals surface area (Å²) in [4.78, 5) is 14.0. The van der Waals surface area contributed by atoms with E-state index in [-0.39, 0.29) is 38.3 Å². The lowest BCUT2D eigenvalue weighted by atomic mass is 9.78. The highest BCUT2D eigenvalue weighted by atomic mass is 19.3. The summed E-state index contributed by atoms with van der Waals surface area (Å²) < 4.78 is 44.2. The van der Waals surface area contributed by atoms with Crippen LogP contribution in [0, 0.1) is 0 Å². The lowest BCUT2D eigenvalue weighted by molar-refractivity contribution is -0.136. The van der Waals surface area contributed by atoms with Gasteiger partial charge in [0.1, 0.15) is 5.75 Å². The topological polar surface area (TPSA) is 48.0 Å². The summed E-state index contributed by atoms with van der Waals surface area (Å²) >= 11 is 0. The van der Waals surface area contributed by atoms with Gasteiger partial charge in [0.25, 0.3) is 5.92 Å². The molecular weight excluding hydrogens is 367 g/mol. The minimum absolute atomic E-state index is 0.0835. The van der Waals surface area contributed by atoms with Crippen LogP contribution in [0.15, 0.2) is 18.2 Å². The minimum atomic E-state index is -2.67. The van der Waals surface area contributed by atoms with E-state index in [1.54, 1.807) is 7.11 Å². The Balaban J connectivity index is 1.71. The summed E-state index contributed by atoms with van der Waals surface area (Å²) in [6.07, 6.45) is -0.453. The van der Waals surface area contributed by atoms with Crippen LogP contribution in [0.4, 0.5) is 8.78 Å². The number of hydrogen-bond donors (Lipinski definition) is 0. The molecule has 1 aromatic carbocycles. The SMILES string of the molecule is COc1cc(B2OC(C)(C)C(C)(C)O2)ccc1CC(=O)N1CCC(F)(F)CC1. The van der Waals surface area contributed by atoms with Crippen molar-refractivity contribution in [2.45, 2.75) is 64.1 Å². The zero-order valence-electron chi connectivity index (χ0n) is 17.2. The number of benzene rings is 1. The Labute approximate surface area is 165 Å². The molecule has 0 unspecified atom stereocenters. The number of alkyl halides is 2. The van der Waals surface area contributed by atoms with E-state index in [1.807, 2.05) is 45.9 Å². The van der Waals surface area contributed by atoms with Crippen molar-refractivity contribution in [1.82, 2.24) is 4.90 Å². The summed E-state index contributed by atoms with van der Waals surface area (Å²) in [5, 5.41) is 0. The molecule has 28 heavy (non-hydrogen) atoms. The summed E-state index contributed by atoms with van der Waals surface area (Å²) in [7, 11) is 1.02. The molecular formula is C20H28BF2NO4. The smallest absolute Gasteiger partial charge is 0.494 e. The first-order chi connectivity index (χ1) is 12.9. The van der Waals surface area contributed by atoms with Crippen LogP contribution in [0.25, 0.3) is 0 Å². The molecule has 0 saturated carbocycles. The molecule has 0 spiro atoms. The number of methoxy groups -OCH3 is 1. The average molecular weight is 395 g/mol. The summed E-state index contributed by atoms with van der Waals surface area (Å²) in [5.41, 5.74) is 0.626. The number of rotatable bonds is 4. The molecule has 2 fully saturated rings. The average Bonchev–Trinajstić information content (AvgIpc) is 2.82. The zero-order chi connectivity index (χ0) is 20.7. The van der Waals surface area contributed by atoms with Gasteiger partial charge in [-0.15, -0.1) is 0 Å². The number of carbonyl (C=O) groups excluding carboxylic acids is 1. The Bertz CT molecular complexity index is 728. The van der Waals surface area contributed by atoms with Crippen LogP contribution in [0.5, 0.6) is 5.75 Å². The van der Waals surface area contributed by atoms with Crippen LogP contribution in [-0.4, -0.2) is 55.2 Å². The Hall–Kier alpha value is -1.67. The number of amides is 1. The highest BCUT2D eigenvalue weighted by Gasteiger charge is 2.51. The predicted octanol–water partition coefficient (Wildman–Crippen LogP) is 2.79. The van der Waals surface area contributed by atoms with Gasteiger partial charge < -0.3 is 18.9 Å². The number of hydrogen-bond acceptors (Lipinski definition) is 4. The molecule has 0 aliphatic carbocycles. The van der Waals surface area contributed by atoms with E-state index in [4.69, 9.17) is 14.0 Å². The third kappa shape index (κ3) is 4.18. The van der Waals surface area contributed by atoms with Gasteiger partial charge >= 0.3 is 7.12 Å². The number of carbonyl (C=O) groups is 1. The first-order valence-electron chi connectivity index (χ1n) is 9.62. The predicted molar refractivity (Wildman–Crippen MR) is 103 cm³/mol. The Morgan fingerprint density at radius 1 is 1.14 bits per heavy atom. The summed E-state index contributed by atoms with van der Waals surface area (Å²) in [6.45, 7) is 8.11. The van der Waals surface area contributed by atoms with Crippen molar-refractivity contribution in [2.75, 3.05) is 20.2 Å². The van der Waals surface area contributed by atoms with E-state index in [9.17, 15) is 13.6 Å². The van der Waals surface area contributed by atoms with Crippen LogP contribution in [0.2, 0.25) is 0 Å². The standard InChI is InChI=1S/C20H28BF2NO4/c1-18(2)19(3,4)28-21(27-18)15-7-6-14(16(13-15)26-5)12-17(25)24-10-8-20(22,23)9-11-24/h6-7,13H,8-12H2,1-5H3. The molecule has 0 aromatic heterocycles. The van der Waals surface area contributed by atoms with Crippen molar-refractivity contribution in [1.29, 1.82) is 0 Å². The van der Waals surface area contributed by atoms with Crippen LogP contribution in [0.3, 0.4) is 0 Å². The van der Waals surface area contributed by atoms with E-state index >= 15 is 0 Å². The molecule has 5 nitrogen and oxygen atoms in total. The molecule has 2 aliphatic rings. The maximum atomic E-state index is 13.3. The van der Waals surface area contributed by atoms with Crippen LogP contribution < -0.4 is 10.2 Å². The third-order valence-electron chi connectivity index (χ3n) is 6.03. The first kappa shape index (κ1) is 21.1. The van der Waals surface area contributed by atoms with E-state index in [0.717, 1.165) is 5.46 Å². The molecule has 154 valence electrons. The van der Waals surface area contributed by atoms with E-state index < -0.39 is 24.2 Å². The van der Waals surface area contributed by atoms with Gasteiger partial charge in [0.15, 0.2) is 0 Å². The number of nitrogens with zero attached hydrogens (tertiary/aromatic N) is 1. The van der Waals surface area contributed by atoms with Crippen molar-refractivity contribution in [3.05, 3.63) is 23.8 Å². The second kappa shape index (κ2) is 7.30. The minimum Gasteiger partial charge on any atom is -0.496 e. The van der Waals surface area contributed by atoms with E-state index in [0.29, 0.717) is 11.3 Å². The largest absolute Gasteiger partial charge is 0.496 e. The maximum absolute atomic E-state index is 13.3. The van der Waals surface area contributed by atoms with Crippen LogP contribution >= 0.6 is 0 Å². The Morgan fingerprint density at radius 3 is 2.25 bits per heavy atom. The fourth-order valence-electron chi connectivity index (χ4n) is 3.39. The second-order valence-corrected chi connectivity index (χ2v) is 8.57. The number of ether oxygens (including phenoxy) is 1. The van der Waals surface area contributed by atoms with Gasteiger partial charge in [0.2, 0.25) is 5.91 Å². The zero-order valence-corrected chi connectivity index (χ0v) is 17.2. The molecule has 2 heterocycles. The molecule has 1 amide bonds. The lowest BCUT2D eigenvalue weighted by Gasteiger charge is -2.32. The highest BCUT2D eigenvalue weighted by molar-refractivity contribution is 6.62. The van der Waals surface area contributed by atoms with Crippen molar-refractivity contribution < 1.29 is 27.6 Å². The van der Waals surface area contributed by atoms with Gasteiger partial charge in [0, 0.05) is 31.5 Å². The quantitative estimate of drug-likeness (QED) is 0.736. The molecule has 0 bridgehead atoms. The van der Waals surface area contributed by atoms with Crippen molar-refractivity contribution in [3.8, 4) is 5.75 Å². The molecule has 0 radical (unpaired) electrons. The van der Waals surface area contributed by atoms with Gasteiger partial charge in [-0.3, -0.25) is 4.79 Å². The number of piperidine rings is 1. The molecule has 2 aliphatic heterocycles. The van der Waals surface area contributed by atoms with Crippen molar-refractivity contribution in [3.63, 3.8) is 0 Å². The molecule has 1 aromatic rings. The molecule has 3 rings (SSSR count). The lowest BCUT2D eigenvalue weighted by Crippen LogP contribution is -2.43. The molecule has 8 heteroatoms. The third-order valence-corrected chi connectivity index (χ3v) is 6.03. The van der Waals surface area contributed by atoms with Crippen molar-refractivity contribution >= 4 is 18.5 Å². The highest BCUT2D eigenvalue weighted by Crippen LogP contribution is 2.37. The number of likely N-dealkylation sites (tertiary alicyclic amines) is 1. The normalized spacial score (nSPS) is 23.0. The van der Waals surface area contributed by atoms with Crippen molar-refractivity contribution in [2.24, 2.45) is 0 Å². The van der Waals surface area contributed by atoms with Gasteiger partial charge in [-0.05, 0) is 39.2 Å². The molecule has 2 saturated heterocycles. The summed E-state index contributed by atoms with van der Waals surface area (Å²) in [6, 6.07) is 5.49. The maximum Gasteiger partial charge on any atom is 0.494 e. The van der Waals surface area contributed by atoms with Crippen LogP contribution in [-0.2, 0) is 20.5 Å². The number of halogens is 2. The van der Waals surface area contributed by atoms with E-state index in [1.165, 1.54) is 4.90 Å². The summed E-state index contributed by atoms with van der Waals surface area (Å²) in [5.74, 6) is -2.28. The van der Waals surface area contributed by atoms with Gasteiger partial charge in [-0.1, -0.05) is 12.1 Å². The van der Waals surface area contributed by atoms with Gasteiger partial charge in [-0.25, -0.2) is 8.78 Å². The second-order valence-electron chi connectivity index (χ2n) is 8.57. The fourth-order valence-corrected chi connectivity index (χ4v) is 3.39. The fraction of sp³-hybridized carbons (Fsp3) is 0.650. The molecule has 0 N–H and O–H groups in total. The van der Waals surface area contributed by atoms with Crippen LogP contribution in [0.1, 0.15) is 46.1 Å². The van der Waals surface area contributed by atoms with Gasteiger partial charge in [0.05, 0.1) is 24.7 Å². The van der Waals surface area contributed by atoms with E-state index in [2.05, 4.69) is 0 Å². The Kier molecular flexibility index (Phi) is 5.49. The first-order valence-corrected chi connectivity index (χ1v) is 9.62. The molecule has 0 atom stereocenters.